The van der Waals surface area contributed by atoms with Gasteiger partial charge in [0.15, 0.2) is 0 Å². The highest BCUT2D eigenvalue weighted by Crippen LogP contribution is 2.61. The molecule has 3 aliphatic carbocycles. The Bertz CT molecular complexity index is 594. The van der Waals surface area contributed by atoms with Crippen molar-refractivity contribution in [3.05, 3.63) is 54.6 Å². The topological polar surface area (TPSA) is 40.5 Å². The van der Waals surface area contributed by atoms with Crippen molar-refractivity contribution >= 4 is 13.3 Å². The second-order valence-corrected chi connectivity index (χ2v) is 12.4. The fourth-order valence-electron chi connectivity index (χ4n) is 5.42. The molecule has 0 aromatic heterocycles. The van der Waals surface area contributed by atoms with Crippen LogP contribution in [0.4, 0.5) is 0 Å². The third-order valence-corrected chi connectivity index (χ3v) is 10.6. The predicted octanol–water partition coefficient (Wildman–Crippen LogP) is 2.31. The Balaban J connectivity index is 1.74. The Morgan fingerprint density at radius 1 is 0.773 bits per heavy atom. The van der Waals surface area contributed by atoms with Crippen LogP contribution in [0.15, 0.2) is 54.6 Å². The van der Waals surface area contributed by atoms with Crippen molar-refractivity contribution in [1.82, 2.24) is 0 Å². The summed E-state index contributed by atoms with van der Waals surface area (Å²) >= 11 is 0. The van der Waals surface area contributed by atoms with Crippen molar-refractivity contribution in [3.8, 4) is 0 Å². The molecular formula is C19H24O2Si. The van der Waals surface area contributed by atoms with Gasteiger partial charge in [-0.05, 0) is 17.4 Å². The minimum absolute atomic E-state index is 0.190. The van der Waals surface area contributed by atoms with Gasteiger partial charge in [-0.1, -0.05) is 72.9 Å². The summed E-state index contributed by atoms with van der Waals surface area (Å²) in [5.74, 6) is 1.20. The minimum Gasteiger partial charge on any atom is -0.389 e. The van der Waals surface area contributed by atoms with E-state index in [2.05, 4.69) is 55.6 Å². The standard InChI is InChI=1S/C19H24O2Si/c1-22(2,12-6-4-3-5-7-12)19-13-8-9-14(19)18-16(21)11-10-15(20)17(13)18/h3-11,13-21H,1-2H3/t13-,14+,15-,16+,17-,18+,19?. The molecule has 0 aliphatic heterocycles. The van der Waals surface area contributed by atoms with Crippen molar-refractivity contribution < 1.29 is 10.2 Å². The van der Waals surface area contributed by atoms with Crippen LogP contribution >= 0.6 is 0 Å². The lowest BCUT2D eigenvalue weighted by atomic mass is 9.73. The predicted molar refractivity (Wildman–Crippen MR) is 91.6 cm³/mol. The summed E-state index contributed by atoms with van der Waals surface area (Å²) in [5, 5.41) is 22.4. The fraction of sp³-hybridized carbons (Fsp3) is 0.474. The minimum atomic E-state index is -1.67. The van der Waals surface area contributed by atoms with Gasteiger partial charge in [-0.15, -0.1) is 0 Å². The SMILES string of the molecule is C[Si](C)(c1ccccc1)C1[C@H]2C=C[C@@H]1[C@H]1[C@@H]2[C@@H](O)C=C[C@H]1O. The third-order valence-electron chi connectivity index (χ3n) is 6.36. The molecule has 0 heterocycles. The van der Waals surface area contributed by atoms with Crippen LogP contribution in [-0.4, -0.2) is 30.5 Å². The van der Waals surface area contributed by atoms with Crippen LogP contribution < -0.4 is 5.19 Å². The highest BCUT2D eigenvalue weighted by Gasteiger charge is 2.60. The summed E-state index contributed by atoms with van der Waals surface area (Å²) in [6.45, 7) is 4.90. The molecule has 116 valence electrons. The molecule has 1 saturated carbocycles. The maximum Gasteiger partial charge on any atom is 0.0848 e. The quantitative estimate of drug-likeness (QED) is 0.650. The van der Waals surface area contributed by atoms with Crippen LogP contribution in [0.3, 0.4) is 0 Å². The highest BCUT2D eigenvalue weighted by molar-refractivity contribution is 6.91. The second kappa shape index (κ2) is 4.92. The van der Waals surface area contributed by atoms with E-state index >= 15 is 0 Å². The Kier molecular flexibility index (Phi) is 3.22. The molecule has 4 rings (SSSR count). The van der Waals surface area contributed by atoms with Gasteiger partial charge < -0.3 is 10.2 Å². The second-order valence-electron chi connectivity index (χ2n) is 7.67. The summed E-state index contributed by atoms with van der Waals surface area (Å²) in [7, 11) is -1.67. The zero-order valence-electron chi connectivity index (χ0n) is 13.1. The molecule has 0 saturated heterocycles. The zero-order valence-corrected chi connectivity index (χ0v) is 14.1. The average molecular weight is 312 g/mol. The van der Waals surface area contributed by atoms with Gasteiger partial charge in [-0.2, -0.15) is 0 Å². The number of hydrogen-bond acceptors (Lipinski definition) is 2. The lowest BCUT2D eigenvalue weighted by Crippen LogP contribution is -2.48. The first-order valence-corrected chi connectivity index (χ1v) is 11.4. The molecule has 2 N–H and O–H groups in total. The summed E-state index contributed by atoms with van der Waals surface area (Å²) in [6.07, 6.45) is 7.43. The number of rotatable bonds is 2. The lowest BCUT2D eigenvalue weighted by molar-refractivity contribution is 0.0277. The van der Waals surface area contributed by atoms with Gasteiger partial charge in [0, 0.05) is 11.8 Å². The van der Waals surface area contributed by atoms with Gasteiger partial charge in [0.1, 0.15) is 0 Å². The molecule has 1 fully saturated rings. The Morgan fingerprint density at radius 2 is 1.27 bits per heavy atom. The number of benzene rings is 1. The van der Waals surface area contributed by atoms with Crippen LogP contribution in [0.2, 0.25) is 18.6 Å². The van der Waals surface area contributed by atoms with Crippen LogP contribution in [0.25, 0.3) is 0 Å². The third kappa shape index (κ3) is 1.86. The maximum absolute atomic E-state index is 10.5. The monoisotopic (exact) mass is 312 g/mol. The summed E-state index contributed by atoms with van der Waals surface area (Å²) in [4.78, 5) is 0. The molecule has 1 aromatic rings. The van der Waals surface area contributed by atoms with Gasteiger partial charge in [-0.25, -0.2) is 0 Å². The molecule has 1 aromatic carbocycles. The number of fused-ring (bicyclic) bond motifs is 5. The Hall–Kier alpha value is -1.16. The average Bonchev–Trinajstić information content (AvgIpc) is 3.09. The Labute approximate surface area is 133 Å². The van der Waals surface area contributed by atoms with Crippen LogP contribution in [0.1, 0.15) is 0 Å². The van der Waals surface area contributed by atoms with Crippen molar-refractivity contribution in [3.63, 3.8) is 0 Å². The highest BCUT2D eigenvalue weighted by atomic mass is 28.3. The molecule has 3 aliphatic rings. The number of hydrogen-bond donors (Lipinski definition) is 2. The normalized spacial score (nSPS) is 42.6. The molecule has 0 spiro atoms. The fourth-order valence-corrected chi connectivity index (χ4v) is 9.45. The van der Waals surface area contributed by atoms with Gasteiger partial charge in [0.05, 0.1) is 20.3 Å². The van der Waals surface area contributed by atoms with Gasteiger partial charge in [-0.3, -0.25) is 0 Å². The van der Waals surface area contributed by atoms with E-state index in [0.717, 1.165) is 0 Å². The summed E-state index contributed by atoms with van der Waals surface area (Å²) in [6, 6.07) is 10.9. The molecule has 2 bridgehead atoms. The first-order chi connectivity index (χ1) is 10.5. The van der Waals surface area contributed by atoms with E-state index in [-0.39, 0.29) is 11.8 Å². The Morgan fingerprint density at radius 3 is 1.77 bits per heavy atom. The first kappa shape index (κ1) is 14.4. The van der Waals surface area contributed by atoms with Crippen molar-refractivity contribution in [2.75, 3.05) is 0 Å². The van der Waals surface area contributed by atoms with Crippen molar-refractivity contribution in [1.29, 1.82) is 0 Å². The smallest absolute Gasteiger partial charge is 0.0848 e. The van der Waals surface area contributed by atoms with E-state index in [1.165, 1.54) is 5.19 Å². The van der Waals surface area contributed by atoms with E-state index in [1.807, 2.05) is 0 Å². The summed E-state index contributed by atoms with van der Waals surface area (Å²) in [5.41, 5.74) is 0.578. The maximum atomic E-state index is 10.5. The zero-order chi connectivity index (χ0) is 15.5. The van der Waals surface area contributed by atoms with E-state index in [9.17, 15) is 10.2 Å². The number of aliphatic hydroxyl groups excluding tert-OH is 2. The van der Waals surface area contributed by atoms with E-state index in [1.54, 1.807) is 12.2 Å². The van der Waals surface area contributed by atoms with Crippen LogP contribution in [-0.2, 0) is 0 Å². The molecule has 0 amide bonds. The lowest BCUT2D eigenvalue weighted by Gasteiger charge is -2.36. The largest absolute Gasteiger partial charge is 0.389 e. The number of allylic oxidation sites excluding steroid dienone is 2. The first-order valence-electron chi connectivity index (χ1n) is 8.30. The summed E-state index contributed by atoms with van der Waals surface area (Å²) < 4.78 is 0. The molecule has 1 unspecified atom stereocenters. The molecule has 2 nitrogen and oxygen atoms in total. The van der Waals surface area contributed by atoms with E-state index < -0.39 is 20.3 Å². The van der Waals surface area contributed by atoms with Crippen LogP contribution in [0, 0.1) is 23.7 Å². The van der Waals surface area contributed by atoms with E-state index in [0.29, 0.717) is 17.4 Å². The van der Waals surface area contributed by atoms with Crippen LogP contribution in [0.5, 0.6) is 0 Å². The molecular weight excluding hydrogens is 288 g/mol. The molecule has 7 atom stereocenters. The molecule has 0 radical (unpaired) electrons. The van der Waals surface area contributed by atoms with Gasteiger partial charge in [0.25, 0.3) is 0 Å². The van der Waals surface area contributed by atoms with Gasteiger partial charge in [0.2, 0.25) is 0 Å². The number of aliphatic hydroxyl groups is 2. The van der Waals surface area contributed by atoms with Crippen molar-refractivity contribution in [2.24, 2.45) is 23.7 Å². The van der Waals surface area contributed by atoms with Gasteiger partial charge >= 0.3 is 0 Å². The van der Waals surface area contributed by atoms with Crippen molar-refractivity contribution in [2.45, 2.75) is 30.8 Å². The molecule has 3 heteroatoms. The van der Waals surface area contributed by atoms with E-state index in [4.69, 9.17) is 0 Å². The molecule has 22 heavy (non-hydrogen) atoms.